The van der Waals surface area contributed by atoms with Crippen LogP contribution in [-0.2, 0) is 52.7 Å². The molecule has 0 unspecified atom stereocenters. The van der Waals surface area contributed by atoms with Gasteiger partial charge in [0.05, 0.1) is 12.0 Å². The molecule has 0 saturated carbocycles. The van der Waals surface area contributed by atoms with E-state index < -0.39 is 41.3 Å². The van der Waals surface area contributed by atoms with Crippen LogP contribution in [0.1, 0.15) is 86.7 Å². The first-order valence-electron chi connectivity index (χ1n) is 17.7. The number of ether oxygens (including phenoxy) is 3. The Morgan fingerprint density at radius 2 is 1.49 bits per heavy atom. The van der Waals surface area contributed by atoms with Gasteiger partial charge in [0.15, 0.2) is 5.82 Å². The zero-order valence-corrected chi connectivity index (χ0v) is 30.1. The van der Waals surface area contributed by atoms with Gasteiger partial charge in [-0.3, -0.25) is 24.3 Å². The number of carbonyl (C=O) groups excluding carboxylic acids is 4. The molecule has 2 heterocycles. The number of carbonyl (C=O) groups is 4. The van der Waals surface area contributed by atoms with E-state index in [0.717, 1.165) is 34.6 Å². The summed E-state index contributed by atoms with van der Waals surface area (Å²) >= 11 is 0. The largest absolute Gasteiger partial charge is 0.463 e. The highest BCUT2D eigenvalue weighted by molar-refractivity contribution is 6.03. The summed E-state index contributed by atoms with van der Waals surface area (Å²) in [5.41, 5.74) is 2.91. The number of esters is 3. The van der Waals surface area contributed by atoms with Crippen LogP contribution in [-0.4, -0.2) is 62.9 Å². The second-order valence-corrected chi connectivity index (χ2v) is 13.4. The number of hydrogen-bond donors (Lipinski definition) is 2. The number of β-lactam (4-membered cyclic amide) rings is 1. The molecule has 1 aliphatic heterocycles. The number of aromatic nitrogens is 3. The third-order valence-corrected chi connectivity index (χ3v) is 9.34. The number of rotatable bonds is 18. The summed E-state index contributed by atoms with van der Waals surface area (Å²) in [6, 6.07) is 21.4. The Morgan fingerprint density at radius 1 is 0.868 bits per heavy atom. The van der Waals surface area contributed by atoms with Crippen LogP contribution in [0.3, 0.4) is 0 Å². The van der Waals surface area contributed by atoms with Crippen molar-refractivity contribution in [2.45, 2.75) is 83.5 Å². The van der Waals surface area contributed by atoms with E-state index in [1.54, 1.807) is 23.4 Å². The molecule has 12 nitrogen and oxygen atoms in total. The monoisotopic (exact) mass is 728 g/mol. The number of anilines is 1. The highest BCUT2D eigenvalue weighted by Gasteiger charge is 2.48. The Labute approximate surface area is 307 Å². The Kier molecular flexibility index (Phi) is 13.1. The zero-order valence-electron chi connectivity index (χ0n) is 30.1. The van der Waals surface area contributed by atoms with Gasteiger partial charge in [0.1, 0.15) is 37.1 Å². The number of aliphatic hydroxyl groups is 1. The molecule has 1 amide bonds. The Morgan fingerprint density at radius 3 is 2.08 bits per heavy atom. The second kappa shape index (κ2) is 17.9. The number of benzene rings is 3. The Bertz CT molecular complexity index is 1810. The molecule has 5 rings (SSSR count). The van der Waals surface area contributed by atoms with Gasteiger partial charge < -0.3 is 24.2 Å². The third-order valence-electron chi connectivity index (χ3n) is 9.34. The molecule has 2 N–H and O–H groups in total. The molecule has 0 bridgehead atoms. The van der Waals surface area contributed by atoms with Gasteiger partial charge >= 0.3 is 17.9 Å². The van der Waals surface area contributed by atoms with Crippen LogP contribution in [0.25, 0.3) is 0 Å². The molecular formula is C40H45FN4O8. The lowest BCUT2D eigenvalue weighted by molar-refractivity contribution is -0.161. The van der Waals surface area contributed by atoms with E-state index in [-0.39, 0.29) is 31.6 Å². The van der Waals surface area contributed by atoms with Gasteiger partial charge in [0.25, 0.3) is 0 Å². The molecule has 0 aliphatic carbocycles. The number of hydrogen-bond acceptors (Lipinski definition) is 10. The number of aromatic amines is 1. The predicted octanol–water partition coefficient (Wildman–Crippen LogP) is 5.70. The van der Waals surface area contributed by atoms with Crippen molar-refractivity contribution in [2.24, 2.45) is 5.92 Å². The van der Waals surface area contributed by atoms with Crippen LogP contribution < -0.4 is 4.90 Å². The third kappa shape index (κ3) is 10.8. The normalized spacial score (nSPS) is 16.1. The molecular weight excluding hydrogens is 683 g/mol. The zero-order chi connectivity index (χ0) is 38.0. The molecule has 13 heteroatoms. The van der Waals surface area contributed by atoms with Crippen molar-refractivity contribution in [3.05, 3.63) is 113 Å². The molecule has 1 saturated heterocycles. The lowest BCUT2D eigenvalue weighted by Gasteiger charge is -2.48. The van der Waals surface area contributed by atoms with Crippen LogP contribution in [0.5, 0.6) is 0 Å². The Hall–Kier alpha value is -5.43. The minimum absolute atomic E-state index is 0.0481. The first-order valence-corrected chi connectivity index (χ1v) is 17.7. The minimum atomic E-state index is -1.51. The van der Waals surface area contributed by atoms with Gasteiger partial charge in [-0.15, -0.1) is 0 Å². The molecule has 0 spiro atoms. The molecule has 1 fully saturated rings. The Balaban J connectivity index is 1.31. The highest BCUT2D eigenvalue weighted by atomic mass is 19.1. The topological polar surface area (TPSA) is 161 Å². The first-order chi connectivity index (χ1) is 25.4. The van der Waals surface area contributed by atoms with E-state index >= 15 is 0 Å². The minimum Gasteiger partial charge on any atom is -0.463 e. The fraction of sp³-hybridized carbons (Fsp3) is 0.400. The molecule has 3 atom stereocenters. The number of H-pyrrole nitrogens is 1. The van der Waals surface area contributed by atoms with E-state index in [4.69, 9.17) is 14.2 Å². The van der Waals surface area contributed by atoms with Crippen LogP contribution in [0, 0.1) is 11.7 Å². The molecule has 53 heavy (non-hydrogen) atoms. The molecule has 280 valence electrons. The summed E-state index contributed by atoms with van der Waals surface area (Å²) in [6.07, 6.45) is 4.48. The van der Waals surface area contributed by atoms with Gasteiger partial charge in [-0.2, -0.15) is 5.10 Å². The summed E-state index contributed by atoms with van der Waals surface area (Å²) in [4.78, 5) is 54.6. The smallest absolute Gasteiger partial charge is 0.303 e. The van der Waals surface area contributed by atoms with Gasteiger partial charge in [-0.25, -0.2) is 9.37 Å². The second-order valence-electron chi connectivity index (χ2n) is 13.4. The SMILES string of the molecule is CC(=O)OCC(O)(CCCc1ccc([C@@H]2[C@@H](CC[C@H](OC(C)=O)c3ccc(F)cc3)C(=O)N2c2ccc(CCc3nc[nH]n3)cc2)cc1)COC(C)=O. The number of amides is 1. The summed E-state index contributed by atoms with van der Waals surface area (Å²) in [5, 5.41) is 17.8. The van der Waals surface area contributed by atoms with E-state index in [1.165, 1.54) is 32.9 Å². The summed E-state index contributed by atoms with van der Waals surface area (Å²) in [5.74, 6) is -1.67. The average molecular weight is 729 g/mol. The fourth-order valence-electron chi connectivity index (χ4n) is 6.60. The van der Waals surface area contributed by atoms with Gasteiger partial charge in [-0.1, -0.05) is 48.5 Å². The van der Waals surface area contributed by atoms with E-state index in [1.807, 2.05) is 48.5 Å². The van der Waals surface area contributed by atoms with E-state index in [9.17, 15) is 28.7 Å². The lowest BCUT2D eigenvalue weighted by Crippen LogP contribution is -2.55. The summed E-state index contributed by atoms with van der Waals surface area (Å²) in [7, 11) is 0. The van der Waals surface area contributed by atoms with Crippen molar-refractivity contribution >= 4 is 29.5 Å². The fourth-order valence-corrected chi connectivity index (χ4v) is 6.60. The van der Waals surface area contributed by atoms with Crippen molar-refractivity contribution in [3.8, 4) is 0 Å². The maximum atomic E-state index is 13.9. The first kappa shape index (κ1) is 38.8. The predicted molar refractivity (Wildman–Crippen MR) is 192 cm³/mol. The molecule has 3 aromatic carbocycles. The average Bonchev–Trinajstić information content (AvgIpc) is 3.66. The molecule has 0 radical (unpaired) electrons. The quantitative estimate of drug-likeness (QED) is 0.0739. The number of halogens is 1. The molecule has 1 aliphatic rings. The van der Waals surface area contributed by atoms with Gasteiger partial charge in [0, 0.05) is 32.9 Å². The van der Waals surface area contributed by atoms with Gasteiger partial charge in [-0.05, 0) is 85.0 Å². The van der Waals surface area contributed by atoms with E-state index in [0.29, 0.717) is 37.7 Å². The van der Waals surface area contributed by atoms with Crippen LogP contribution in [0.15, 0.2) is 79.1 Å². The summed E-state index contributed by atoms with van der Waals surface area (Å²) < 4.78 is 29.3. The molecule has 4 aromatic rings. The summed E-state index contributed by atoms with van der Waals surface area (Å²) in [6.45, 7) is 3.24. The van der Waals surface area contributed by atoms with Crippen molar-refractivity contribution in [1.29, 1.82) is 0 Å². The van der Waals surface area contributed by atoms with Crippen LogP contribution in [0.2, 0.25) is 0 Å². The van der Waals surface area contributed by atoms with Crippen molar-refractivity contribution < 1.29 is 42.9 Å². The number of nitrogens with one attached hydrogen (secondary N) is 1. The maximum Gasteiger partial charge on any atom is 0.303 e. The van der Waals surface area contributed by atoms with E-state index in [2.05, 4.69) is 15.2 Å². The van der Waals surface area contributed by atoms with Gasteiger partial charge in [0.2, 0.25) is 5.91 Å². The van der Waals surface area contributed by atoms with Crippen molar-refractivity contribution in [1.82, 2.24) is 15.2 Å². The standard InChI is InChI=1S/C40H45FN4O8/c1-26(46)51-23-40(50,24-52-27(2)47)22-4-5-29-6-11-32(12-7-29)38-35(19-20-36(53-28(3)48)31-13-15-33(41)16-14-31)39(49)45(38)34-17-8-30(9-18-34)10-21-37-42-25-43-44-37/h6-9,11-18,25,35-36,38,50H,4-5,10,19-24H2,1-3H3,(H,42,43,44)/t35-,36+,38-/m1/s1. The van der Waals surface area contributed by atoms with Crippen LogP contribution in [0.4, 0.5) is 10.1 Å². The van der Waals surface area contributed by atoms with Crippen molar-refractivity contribution in [3.63, 3.8) is 0 Å². The molecule has 1 aromatic heterocycles. The lowest BCUT2D eigenvalue weighted by atomic mass is 9.78. The van der Waals surface area contributed by atoms with Crippen molar-refractivity contribution in [2.75, 3.05) is 18.1 Å². The van der Waals surface area contributed by atoms with Crippen LogP contribution >= 0.6 is 0 Å². The highest BCUT2D eigenvalue weighted by Crippen LogP contribution is 2.46. The number of nitrogens with zero attached hydrogens (tertiary/aromatic N) is 3. The maximum absolute atomic E-state index is 13.9. The number of aryl methyl sites for hydroxylation is 3.